The monoisotopic (exact) mass is 205 g/mol. The molecule has 13 heavy (non-hydrogen) atoms. The van der Waals surface area contributed by atoms with Crippen molar-refractivity contribution < 1.29 is 5.11 Å². The Hall–Kier alpha value is 0.210. The molecule has 3 fully saturated rings. The maximum absolute atomic E-state index is 9.68. The minimum Gasteiger partial charge on any atom is -0.392 e. The molecule has 0 saturated heterocycles. The highest BCUT2D eigenvalue weighted by atomic mass is 35.5. The molecular formula is C10H20ClNO. The van der Waals surface area contributed by atoms with Crippen molar-refractivity contribution in [3.63, 3.8) is 0 Å². The largest absolute Gasteiger partial charge is 0.392 e. The summed E-state index contributed by atoms with van der Waals surface area (Å²) in [6, 6.07) is 0. The molecule has 2 bridgehead atoms. The van der Waals surface area contributed by atoms with Gasteiger partial charge in [0, 0.05) is 6.54 Å². The zero-order valence-electron chi connectivity index (χ0n) is 7.98. The number of fused-ring (bicyclic) bond motifs is 3. The topological polar surface area (TPSA) is 46.2 Å². The van der Waals surface area contributed by atoms with Gasteiger partial charge < -0.3 is 10.8 Å². The normalized spacial score (nSPS) is 39.7. The molecule has 3 heteroatoms. The van der Waals surface area contributed by atoms with Crippen LogP contribution in [0, 0.1) is 17.8 Å². The Bertz CT molecular complexity index is 157. The summed E-state index contributed by atoms with van der Waals surface area (Å²) in [4.78, 5) is 0. The molecule has 0 aliphatic heterocycles. The van der Waals surface area contributed by atoms with E-state index < -0.39 is 0 Å². The van der Waals surface area contributed by atoms with E-state index in [-0.39, 0.29) is 18.5 Å². The lowest BCUT2D eigenvalue weighted by Crippen LogP contribution is -2.41. The van der Waals surface area contributed by atoms with Crippen LogP contribution in [0.4, 0.5) is 0 Å². The van der Waals surface area contributed by atoms with Gasteiger partial charge in [0.15, 0.2) is 0 Å². The lowest BCUT2D eigenvalue weighted by molar-refractivity contribution is 0.00126. The van der Waals surface area contributed by atoms with Gasteiger partial charge in [-0.3, -0.25) is 0 Å². The minimum atomic E-state index is -0.224. The van der Waals surface area contributed by atoms with Crippen molar-refractivity contribution in [2.45, 2.75) is 38.2 Å². The Kier molecular flexibility index (Phi) is 4.02. The van der Waals surface area contributed by atoms with E-state index in [0.717, 1.165) is 11.8 Å². The van der Waals surface area contributed by atoms with Gasteiger partial charge in [0.1, 0.15) is 0 Å². The van der Waals surface area contributed by atoms with Crippen LogP contribution in [-0.2, 0) is 0 Å². The number of rotatable bonds is 2. The maximum atomic E-state index is 9.68. The van der Waals surface area contributed by atoms with Crippen LogP contribution in [-0.4, -0.2) is 17.8 Å². The molecule has 0 aromatic carbocycles. The first-order valence-corrected chi connectivity index (χ1v) is 5.19. The van der Waals surface area contributed by atoms with Gasteiger partial charge in [0.2, 0.25) is 0 Å². The van der Waals surface area contributed by atoms with Crippen molar-refractivity contribution in [1.82, 2.24) is 0 Å². The van der Waals surface area contributed by atoms with E-state index in [0.29, 0.717) is 12.5 Å². The van der Waals surface area contributed by atoms with Crippen LogP contribution in [0.1, 0.15) is 32.1 Å². The number of aliphatic hydroxyl groups excluding tert-OH is 1. The second-order valence-corrected chi connectivity index (χ2v) is 4.48. The van der Waals surface area contributed by atoms with Crippen LogP contribution in [0.2, 0.25) is 0 Å². The van der Waals surface area contributed by atoms with Crippen molar-refractivity contribution in [3.05, 3.63) is 0 Å². The number of aliphatic hydroxyl groups is 1. The summed E-state index contributed by atoms with van der Waals surface area (Å²) in [5.41, 5.74) is 5.48. The van der Waals surface area contributed by atoms with Gasteiger partial charge in [-0.1, -0.05) is 12.8 Å². The first kappa shape index (κ1) is 11.3. The molecule has 0 aromatic rings. The van der Waals surface area contributed by atoms with Crippen LogP contribution in [0.3, 0.4) is 0 Å². The van der Waals surface area contributed by atoms with Crippen molar-refractivity contribution in [2.24, 2.45) is 23.5 Å². The number of nitrogens with two attached hydrogens (primary N) is 1. The van der Waals surface area contributed by atoms with E-state index in [1.54, 1.807) is 0 Å². The van der Waals surface area contributed by atoms with Crippen molar-refractivity contribution in [3.8, 4) is 0 Å². The Morgan fingerprint density at radius 2 is 1.85 bits per heavy atom. The van der Waals surface area contributed by atoms with Gasteiger partial charge in [-0.25, -0.2) is 0 Å². The lowest BCUT2D eigenvalue weighted by Gasteiger charge is -2.44. The zero-order chi connectivity index (χ0) is 8.55. The van der Waals surface area contributed by atoms with Crippen molar-refractivity contribution in [1.29, 1.82) is 0 Å². The maximum Gasteiger partial charge on any atom is 0.0693 e. The molecule has 78 valence electrons. The SMILES string of the molecule is Cl.NCC(O)C1CC2CCC1CC2. The average Bonchev–Trinajstić information content (AvgIpc) is 2.18. The molecule has 3 aliphatic carbocycles. The summed E-state index contributed by atoms with van der Waals surface area (Å²) >= 11 is 0. The highest BCUT2D eigenvalue weighted by Gasteiger charge is 2.38. The molecule has 3 N–H and O–H groups in total. The van der Waals surface area contributed by atoms with Gasteiger partial charge in [0.25, 0.3) is 0 Å². The molecule has 2 unspecified atom stereocenters. The second kappa shape index (κ2) is 4.63. The first-order chi connectivity index (χ1) is 5.81. The Balaban J connectivity index is 0.000000845. The molecule has 0 amide bonds. The molecule has 2 nitrogen and oxygen atoms in total. The van der Waals surface area contributed by atoms with E-state index in [1.807, 2.05) is 0 Å². The molecule has 3 rings (SSSR count). The molecule has 0 aromatic heterocycles. The molecular weight excluding hydrogens is 186 g/mol. The number of hydrogen-bond acceptors (Lipinski definition) is 2. The Morgan fingerprint density at radius 1 is 1.23 bits per heavy atom. The van der Waals surface area contributed by atoms with E-state index in [4.69, 9.17) is 5.73 Å². The fourth-order valence-corrected chi connectivity index (χ4v) is 3.08. The predicted molar refractivity (Wildman–Crippen MR) is 55.9 cm³/mol. The van der Waals surface area contributed by atoms with E-state index in [1.165, 1.54) is 32.1 Å². The van der Waals surface area contributed by atoms with E-state index in [2.05, 4.69) is 0 Å². The molecule has 0 spiro atoms. The first-order valence-electron chi connectivity index (χ1n) is 5.19. The van der Waals surface area contributed by atoms with Crippen LogP contribution in [0.5, 0.6) is 0 Å². The summed E-state index contributed by atoms with van der Waals surface area (Å²) in [5, 5.41) is 9.68. The van der Waals surface area contributed by atoms with E-state index in [9.17, 15) is 5.11 Å². The Labute approximate surface area is 86.3 Å². The standard InChI is InChI=1S/C10H19NO.ClH/c11-6-10(12)9-5-7-1-3-8(9)4-2-7;/h7-10,12H,1-6,11H2;1H. The molecule has 3 aliphatic rings. The lowest BCUT2D eigenvalue weighted by atomic mass is 9.63. The van der Waals surface area contributed by atoms with Crippen LogP contribution >= 0.6 is 12.4 Å². The highest BCUT2D eigenvalue weighted by molar-refractivity contribution is 5.85. The third kappa shape index (κ3) is 2.17. The minimum absolute atomic E-state index is 0. The molecule has 2 atom stereocenters. The van der Waals surface area contributed by atoms with Crippen molar-refractivity contribution in [2.75, 3.05) is 6.54 Å². The average molecular weight is 206 g/mol. The summed E-state index contributed by atoms with van der Waals surface area (Å²) in [6.07, 6.45) is 6.50. The Morgan fingerprint density at radius 3 is 2.23 bits per heavy atom. The van der Waals surface area contributed by atoms with Crippen LogP contribution in [0.15, 0.2) is 0 Å². The number of halogens is 1. The third-order valence-electron chi connectivity index (χ3n) is 3.84. The summed E-state index contributed by atoms with van der Waals surface area (Å²) in [5.74, 6) is 2.22. The fraction of sp³-hybridized carbons (Fsp3) is 1.00. The smallest absolute Gasteiger partial charge is 0.0693 e. The zero-order valence-corrected chi connectivity index (χ0v) is 8.80. The summed E-state index contributed by atoms with van der Waals surface area (Å²) in [7, 11) is 0. The third-order valence-corrected chi connectivity index (χ3v) is 3.84. The van der Waals surface area contributed by atoms with Crippen molar-refractivity contribution >= 4 is 12.4 Å². The second-order valence-electron chi connectivity index (χ2n) is 4.48. The van der Waals surface area contributed by atoms with Gasteiger partial charge >= 0.3 is 0 Å². The number of hydrogen-bond donors (Lipinski definition) is 2. The van der Waals surface area contributed by atoms with Gasteiger partial charge in [-0.15, -0.1) is 12.4 Å². The molecule has 3 saturated carbocycles. The van der Waals surface area contributed by atoms with E-state index >= 15 is 0 Å². The fourth-order valence-electron chi connectivity index (χ4n) is 3.08. The van der Waals surface area contributed by atoms with Gasteiger partial charge in [-0.2, -0.15) is 0 Å². The highest BCUT2D eigenvalue weighted by Crippen LogP contribution is 2.45. The van der Waals surface area contributed by atoms with Crippen LogP contribution in [0.25, 0.3) is 0 Å². The van der Waals surface area contributed by atoms with Gasteiger partial charge in [0.05, 0.1) is 6.10 Å². The quantitative estimate of drug-likeness (QED) is 0.719. The van der Waals surface area contributed by atoms with Crippen LogP contribution < -0.4 is 5.73 Å². The summed E-state index contributed by atoms with van der Waals surface area (Å²) in [6.45, 7) is 0.452. The van der Waals surface area contributed by atoms with Gasteiger partial charge in [-0.05, 0) is 37.0 Å². The molecule has 0 radical (unpaired) electrons. The predicted octanol–water partition coefficient (Wildman–Crippen LogP) is 1.55. The molecule has 0 heterocycles. The summed E-state index contributed by atoms with van der Waals surface area (Å²) < 4.78 is 0.